The second kappa shape index (κ2) is 27.4. The maximum absolute atomic E-state index is 12.9. The smallest absolute Gasteiger partial charge is 0.335 e. The number of aromatic carboxylic acids is 1. The third-order valence-electron chi connectivity index (χ3n) is 11.6. The highest BCUT2D eigenvalue weighted by molar-refractivity contribution is 5.98. The van der Waals surface area contributed by atoms with E-state index in [2.05, 4.69) is 16.0 Å². The van der Waals surface area contributed by atoms with Gasteiger partial charge in [-0.15, -0.1) is 12.4 Å². The summed E-state index contributed by atoms with van der Waals surface area (Å²) in [4.78, 5) is 77.9. The number of nitrogens with zero attached hydrogens (tertiary/aromatic N) is 3. The molecular formula is C56H61ClN6O9. The number of para-hydroxylation sites is 2. The number of rotatable bonds is 12. The van der Waals surface area contributed by atoms with Gasteiger partial charge in [-0.25, -0.2) is 4.79 Å². The fourth-order valence-electron chi connectivity index (χ4n) is 7.69. The molecule has 0 aromatic heterocycles. The van der Waals surface area contributed by atoms with Crippen LogP contribution < -0.4 is 25.4 Å². The third kappa shape index (κ3) is 16.6. The SMILES string of the molecule is Cc1ccc(C(=O)N2CCN(C(=O)CNC(=O)c3ccc(Oc4ccccc4)cc3)CC2)c(C)c1.Cc1ccc(C(=O)O)c(C)c1.Cl.O=C(NCC(=O)N1CCNCC1)c1ccc(Oc2ccccc2)cc1. The zero-order valence-electron chi connectivity index (χ0n) is 40.9. The third-order valence-corrected chi connectivity index (χ3v) is 11.6. The Morgan fingerprint density at radius 1 is 0.486 bits per heavy atom. The number of ether oxygens (including phenoxy) is 2. The average molecular weight is 998 g/mol. The van der Waals surface area contributed by atoms with E-state index in [9.17, 15) is 28.8 Å². The summed E-state index contributed by atoms with van der Waals surface area (Å²) >= 11 is 0. The molecule has 2 aliphatic heterocycles. The van der Waals surface area contributed by atoms with Crippen LogP contribution in [0.25, 0.3) is 0 Å². The van der Waals surface area contributed by atoms with Gasteiger partial charge in [0.1, 0.15) is 23.0 Å². The Hall–Kier alpha value is -8.01. The maximum Gasteiger partial charge on any atom is 0.335 e. The van der Waals surface area contributed by atoms with Crippen LogP contribution in [0, 0.1) is 27.7 Å². The van der Waals surface area contributed by atoms with Gasteiger partial charge in [-0.1, -0.05) is 71.8 Å². The van der Waals surface area contributed by atoms with Gasteiger partial charge in [-0.2, -0.15) is 0 Å². The lowest BCUT2D eigenvalue weighted by Crippen LogP contribution is -2.52. The Kier molecular flexibility index (Phi) is 20.9. The number of piperazine rings is 2. The van der Waals surface area contributed by atoms with Crippen LogP contribution >= 0.6 is 12.4 Å². The minimum atomic E-state index is -0.859. The Bertz CT molecular complexity index is 2760. The minimum Gasteiger partial charge on any atom is -0.478 e. The molecule has 376 valence electrons. The Balaban J connectivity index is 0.000000226. The summed E-state index contributed by atoms with van der Waals surface area (Å²) < 4.78 is 11.4. The molecule has 0 saturated carbocycles. The van der Waals surface area contributed by atoms with Crippen molar-refractivity contribution in [3.8, 4) is 23.0 Å². The highest BCUT2D eigenvalue weighted by Crippen LogP contribution is 2.23. The highest BCUT2D eigenvalue weighted by Gasteiger charge is 2.26. The molecule has 0 spiro atoms. The van der Waals surface area contributed by atoms with Gasteiger partial charge in [-0.3, -0.25) is 24.0 Å². The van der Waals surface area contributed by atoms with Crippen LogP contribution in [0.2, 0.25) is 0 Å². The predicted molar refractivity (Wildman–Crippen MR) is 279 cm³/mol. The zero-order valence-corrected chi connectivity index (χ0v) is 41.7. The van der Waals surface area contributed by atoms with E-state index < -0.39 is 5.97 Å². The fraction of sp³-hybridized carbons (Fsp3) is 0.250. The number of carbonyl (C=O) groups is 6. The first-order valence-electron chi connectivity index (χ1n) is 23.4. The van der Waals surface area contributed by atoms with Crippen LogP contribution in [-0.4, -0.2) is 121 Å². The van der Waals surface area contributed by atoms with E-state index in [-0.39, 0.29) is 55.0 Å². The monoisotopic (exact) mass is 996 g/mol. The van der Waals surface area contributed by atoms with E-state index >= 15 is 0 Å². The van der Waals surface area contributed by atoms with Gasteiger partial charge in [0.05, 0.1) is 18.7 Å². The zero-order chi connectivity index (χ0) is 50.7. The molecule has 16 heteroatoms. The average Bonchev–Trinajstić information content (AvgIpc) is 3.38. The van der Waals surface area contributed by atoms with Crippen LogP contribution in [0.5, 0.6) is 23.0 Å². The number of aryl methyl sites for hydroxylation is 4. The van der Waals surface area contributed by atoms with Crippen LogP contribution in [0.4, 0.5) is 0 Å². The van der Waals surface area contributed by atoms with E-state index in [0.717, 1.165) is 41.1 Å². The summed E-state index contributed by atoms with van der Waals surface area (Å²) in [5.41, 5.74) is 6.00. The van der Waals surface area contributed by atoms with Gasteiger partial charge >= 0.3 is 5.97 Å². The molecule has 0 radical (unpaired) electrons. The lowest BCUT2D eigenvalue weighted by molar-refractivity contribution is -0.131. The predicted octanol–water partition coefficient (Wildman–Crippen LogP) is 7.87. The van der Waals surface area contributed by atoms with Crippen molar-refractivity contribution >= 4 is 47.9 Å². The van der Waals surface area contributed by atoms with Crippen molar-refractivity contribution in [3.63, 3.8) is 0 Å². The fourth-order valence-corrected chi connectivity index (χ4v) is 7.69. The summed E-state index contributed by atoms with van der Waals surface area (Å²) in [6.07, 6.45) is 0. The molecule has 0 unspecified atom stereocenters. The number of halogens is 1. The van der Waals surface area contributed by atoms with Crippen LogP contribution in [0.15, 0.2) is 146 Å². The van der Waals surface area contributed by atoms with Crippen molar-refractivity contribution in [2.24, 2.45) is 0 Å². The molecule has 2 aliphatic rings. The van der Waals surface area contributed by atoms with Crippen molar-refractivity contribution in [1.82, 2.24) is 30.7 Å². The number of hydrogen-bond acceptors (Lipinski definition) is 9. The number of benzene rings is 6. The first-order chi connectivity index (χ1) is 34.2. The number of nitrogens with one attached hydrogen (secondary N) is 3. The Labute approximate surface area is 426 Å². The van der Waals surface area contributed by atoms with Crippen LogP contribution in [-0.2, 0) is 9.59 Å². The summed E-state index contributed by atoms with van der Waals surface area (Å²) in [6.45, 7) is 12.4. The van der Waals surface area contributed by atoms with Gasteiger partial charge < -0.3 is 45.2 Å². The lowest BCUT2D eigenvalue weighted by Gasteiger charge is -2.35. The Morgan fingerprint density at radius 3 is 1.26 bits per heavy atom. The molecule has 4 N–H and O–H groups in total. The second-order valence-electron chi connectivity index (χ2n) is 17.0. The molecule has 0 atom stereocenters. The van der Waals surface area contributed by atoms with Crippen molar-refractivity contribution in [1.29, 1.82) is 0 Å². The molecular weight excluding hydrogens is 936 g/mol. The van der Waals surface area contributed by atoms with Gasteiger partial charge in [0.25, 0.3) is 17.7 Å². The van der Waals surface area contributed by atoms with E-state index in [0.29, 0.717) is 78.8 Å². The Morgan fingerprint density at radius 2 is 0.861 bits per heavy atom. The molecule has 2 saturated heterocycles. The first-order valence-corrected chi connectivity index (χ1v) is 23.4. The molecule has 15 nitrogen and oxygen atoms in total. The number of amides is 5. The first kappa shape index (κ1) is 54.9. The van der Waals surface area contributed by atoms with Gasteiger partial charge in [-0.05, 0) is 124 Å². The number of carboxylic acid groups (broad SMARTS) is 1. The topological polar surface area (TPSA) is 187 Å². The van der Waals surface area contributed by atoms with Crippen LogP contribution in [0.1, 0.15) is 63.7 Å². The van der Waals surface area contributed by atoms with E-state index in [1.54, 1.807) is 82.3 Å². The maximum atomic E-state index is 12.9. The summed E-state index contributed by atoms with van der Waals surface area (Å²) in [7, 11) is 0. The van der Waals surface area contributed by atoms with E-state index in [1.807, 2.05) is 106 Å². The normalized spacial score (nSPS) is 12.8. The van der Waals surface area contributed by atoms with E-state index in [1.165, 1.54) is 0 Å². The molecule has 2 heterocycles. The second-order valence-corrected chi connectivity index (χ2v) is 17.0. The van der Waals surface area contributed by atoms with E-state index in [4.69, 9.17) is 14.6 Å². The molecule has 0 bridgehead atoms. The van der Waals surface area contributed by atoms with Gasteiger partial charge in [0.2, 0.25) is 11.8 Å². The minimum absolute atomic E-state index is 0. The van der Waals surface area contributed by atoms with Crippen LogP contribution in [0.3, 0.4) is 0 Å². The molecule has 6 aromatic rings. The van der Waals surface area contributed by atoms with Crippen molar-refractivity contribution in [2.75, 3.05) is 65.4 Å². The molecule has 2 fully saturated rings. The number of hydrogen-bond donors (Lipinski definition) is 4. The molecule has 5 amide bonds. The summed E-state index contributed by atoms with van der Waals surface area (Å²) in [5.74, 6) is 1.04. The van der Waals surface area contributed by atoms with Crippen molar-refractivity contribution < 1.29 is 43.3 Å². The van der Waals surface area contributed by atoms with Crippen molar-refractivity contribution in [2.45, 2.75) is 27.7 Å². The molecule has 6 aromatic carbocycles. The number of carboxylic acids is 1. The molecule has 0 aliphatic carbocycles. The highest BCUT2D eigenvalue weighted by atomic mass is 35.5. The molecule has 72 heavy (non-hydrogen) atoms. The van der Waals surface area contributed by atoms with Gasteiger partial charge in [0, 0.05) is 69.0 Å². The number of carbonyl (C=O) groups excluding carboxylic acids is 5. The lowest BCUT2D eigenvalue weighted by atomic mass is 10.0. The van der Waals surface area contributed by atoms with Gasteiger partial charge in [0.15, 0.2) is 0 Å². The quantitative estimate of drug-likeness (QED) is 0.0940. The summed E-state index contributed by atoms with van der Waals surface area (Å²) in [5, 5.41) is 17.2. The largest absolute Gasteiger partial charge is 0.478 e. The standard InChI is InChI=1S/C28H29N3O4.C19H21N3O3.C9H10O2.ClH/c1-20-8-13-25(21(2)18-20)28(34)31-16-14-30(15-17-31)26(32)19-29-27(33)22-9-11-24(12-10-22)35-23-6-4-3-5-7-23;23-18(22-12-10-20-11-13-22)14-21-19(24)15-6-8-17(9-7-15)25-16-4-2-1-3-5-16;1-6-3-4-8(9(10)11)7(2)5-6;/h3-13,18H,14-17,19H2,1-2H3,(H,29,33);1-9,20H,10-14H2,(H,21,24);3-5H,1-2H3,(H,10,11);1H. The van der Waals surface area contributed by atoms with Crippen molar-refractivity contribution in [3.05, 3.63) is 190 Å². The molecule has 8 rings (SSSR count). The summed E-state index contributed by atoms with van der Waals surface area (Å²) in [6, 6.07) is 43.5.